The Morgan fingerprint density at radius 3 is 2.63 bits per heavy atom. The number of fused-ring (bicyclic) bond motifs is 3. The number of aliphatic hydroxyl groups excluding tert-OH is 1. The number of piperazine rings is 3. The van der Waals surface area contributed by atoms with Crippen LogP contribution in [-0.4, -0.2) is 59.8 Å². The Hall–Kier alpha value is -0.490. The second kappa shape index (κ2) is 5.48. The van der Waals surface area contributed by atoms with E-state index in [9.17, 15) is 9.50 Å². The van der Waals surface area contributed by atoms with Gasteiger partial charge in [-0.1, -0.05) is 6.07 Å². The lowest BCUT2D eigenvalue weighted by Gasteiger charge is -2.49. The highest BCUT2D eigenvalue weighted by molar-refractivity contribution is 9.10. The van der Waals surface area contributed by atoms with E-state index < -0.39 is 0 Å². The van der Waals surface area contributed by atoms with Gasteiger partial charge in [0.05, 0.1) is 10.6 Å². The van der Waals surface area contributed by atoms with Crippen LogP contribution in [0.2, 0.25) is 0 Å². The first-order chi connectivity index (χ1) is 9.13. The maximum atomic E-state index is 13.2. The SMILES string of the molecule is OC(Cc1ccc(F)c(Br)c1)C1CN2CCN1CC2. The molecule has 3 aliphatic heterocycles. The lowest BCUT2D eigenvalue weighted by Crippen LogP contribution is -2.64. The molecule has 0 radical (unpaired) electrons. The van der Waals surface area contributed by atoms with Crippen molar-refractivity contribution in [2.24, 2.45) is 0 Å². The van der Waals surface area contributed by atoms with E-state index in [1.807, 2.05) is 0 Å². The van der Waals surface area contributed by atoms with Gasteiger partial charge in [0.2, 0.25) is 0 Å². The van der Waals surface area contributed by atoms with E-state index in [1.54, 1.807) is 12.1 Å². The van der Waals surface area contributed by atoms with Gasteiger partial charge >= 0.3 is 0 Å². The molecule has 3 aliphatic rings. The van der Waals surface area contributed by atoms with Crippen molar-refractivity contribution in [1.82, 2.24) is 9.80 Å². The molecule has 3 saturated heterocycles. The molecule has 0 spiro atoms. The third-order valence-corrected chi connectivity index (χ3v) is 4.80. The van der Waals surface area contributed by atoms with Crippen LogP contribution < -0.4 is 0 Å². The smallest absolute Gasteiger partial charge is 0.137 e. The Kier molecular flexibility index (Phi) is 3.89. The quantitative estimate of drug-likeness (QED) is 0.910. The number of rotatable bonds is 3. The number of nitrogens with zero attached hydrogens (tertiary/aromatic N) is 2. The number of halogens is 2. The summed E-state index contributed by atoms with van der Waals surface area (Å²) in [6.07, 6.45) is 0.189. The molecular weight excluding hydrogens is 311 g/mol. The second-order valence-electron chi connectivity index (χ2n) is 5.42. The van der Waals surface area contributed by atoms with E-state index >= 15 is 0 Å². The second-order valence-corrected chi connectivity index (χ2v) is 6.28. The summed E-state index contributed by atoms with van der Waals surface area (Å²) in [6.45, 7) is 5.28. The molecular formula is C14H18BrFN2O. The first kappa shape index (κ1) is 13.5. The van der Waals surface area contributed by atoms with Crippen LogP contribution in [0.1, 0.15) is 5.56 Å². The van der Waals surface area contributed by atoms with Crippen molar-refractivity contribution < 1.29 is 9.50 Å². The van der Waals surface area contributed by atoms with Gasteiger partial charge < -0.3 is 5.11 Å². The van der Waals surface area contributed by atoms with E-state index in [2.05, 4.69) is 25.7 Å². The van der Waals surface area contributed by atoms with Crippen LogP contribution in [-0.2, 0) is 6.42 Å². The standard InChI is InChI=1S/C14H18BrFN2O/c15-11-7-10(1-2-12(11)16)8-14(19)13-9-17-3-5-18(13)6-4-17/h1-2,7,13-14,19H,3-6,8-9H2. The Morgan fingerprint density at radius 1 is 1.32 bits per heavy atom. The molecule has 0 aliphatic carbocycles. The van der Waals surface area contributed by atoms with Crippen LogP contribution in [0, 0.1) is 5.82 Å². The Bertz CT molecular complexity index is 463. The Morgan fingerprint density at radius 2 is 2.05 bits per heavy atom. The monoisotopic (exact) mass is 328 g/mol. The molecule has 2 bridgehead atoms. The molecule has 5 heteroatoms. The molecule has 2 unspecified atom stereocenters. The molecule has 4 rings (SSSR count). The van der Waals surface area contributed by atoms with Crippen LogP contribution in [0.4, 0.5) is 4.39 Å². The van der Waals surface area contributed by atoms with Crippen LogP contribution >= 0.6 is 15.9 Å². The predicted octanol–water partition coefficient (Wildman–Crippen LogP) is 1.49. The van der Waals surface area contributed by atoms with Gasteiger partial charge in [0.1, 0.15) is 5.82 Å². The largest absolute Gasteiger partial charge is 0.391 e. The normalized spacial score (nSPS) is 31.4. The number of benzene rings is 1. The Balaban J connectivity index is 1.67. The highest BCUT2D eigenvalue weighted by atomic mass is 79.9. The summed E-state index contributed by atoms with van der Waals surface area (Å²) < 4.78 is 13.7. The molecule has 3 fully saturated rings. The van der Waals surface area contributed by atoms with Gasteiger partial charge in [-0.3, -0.25) is 9.80 Å². The zero-order chi connectivity index (χ0) is 13.4. The lowest BCUT2D eigenvalue weighted by atomic mass is 9.97. The van der Waals surface area contributed by atoms with Gasteiger partial charge in [0.25, 0.3) is 0 Å². The zero-order valence-electron chi connectivity index (χ0n) is 10.7. The lowest BCUT2D eigenvalue weighted by molar-refractivity contribution is -0.0453. The number of aliphatic hydroxyl groups is 1. The highest BCUT2D eigenvalue weighted by Gasteiger charge is 2.35. The molecule has 19 heavy (non-hydrogen) atoms. The predicted molar refractivity (Wildman–Crippen MR) is 75.6 cm³/mol. The first-order valence-corrected chi connectivity index (χ1v) is 7.51. The van der Waals surface area contributed by atoms with E-state index in [0.29, 0.717) is 10.9 Å². The molecule has 3 nitrogen and oxygen atoms in total. The van der Waals surface area contributed by atoms with Crippen molar-refractivity contribution in [3.8, 4) is 0 Å². The minimum absolute atomic E-state index is 0.214. The van der Waals surface area contributed by atoms with Crippen LogP contribution in [0.5, 0.6) is 0 Å². The molecule has 104 valence electrons. The van der Waals surface area contributed by atoms with Crippen molar-refractivity contribution in [3.63, 3.8) is 0 Å². The van der Waals surface area contributed by atoms with Crippen molar-refractivity contribution in [2.45, 2.75) is 18.6 Å². The molecule has 0 amide bonds. The van der Waals surface area contributed by atoms with Crippen molar-refractivity contribution in [2.75, 3.05) is 32.7 Å². The fraction of sp³-hybridized carbons (Fsp3) is 0.571. The minimum atomic E-state index is -0.388. The van der Waals surface area contributed by atoms with Crippen molar-refractivity contribution in [1.29, 1.82) is 0 Å². The van der Waals surface area contributed by atoms with E-state index in [-0.39, 0.29) is 18.0 Å². The van der Waals surface area contributed by atoms with Crippen LogP contribution in [0.15, 0.2) is 22.7 Å². The molecule has 1 aromatic rings. The molecule has 0 saturated carbocycles. The summed E-state index contributed by atoms with van der Waals surface area (Å²) in [7, 11) is 0. The third kappa shape index (κ3) is 2.84. The van der Waals surface area contributed by atoms with E-state index in [4.69, 9.17) is 0 Å². The van der Waals surface area contributed by atoms with Gasteiger partial charge in [0, 0.05) is 38.8 Å². The fourth-order valence-electron chi connectivity index (χ4n) is 3.07. The number of hydrogen-bond donors (Lipinski definition) is 1. The molecule has 3 heterocycles. The average molecular weight is 329 g/mol. The highest BCUT2D eigenvalue weighted by Crippen LogP contribution is 2.22. The van der Waals surface area contributed by atoms with Gasteiger partial charge in [-0.2, -0.15) is 0 Å². The van der Waals surface area contributed by atoms with Gasteiger partial charge in [-0.25, -0.2) is 4.39 Å². The molecule has 2 atom stereocenters. The summed E-state index contributed by atoms with van der Waals surface area (Å²) in [4.78, 5) is 4.79. The molecule has 1 aromatic carbocycles. The molecule has 0 aromatic heterocycles. The minimum Gasteiger partial charge on any atom is -0.391 e. The summed E-state index contributed by atoms with van der Waals surface area (Å²) in [5.41, 5.74) is 0.971. The molecule has 1 N–H and O–H groups in total. The average Bonchev–Trinajstić information content (AvgIpc) is 2.44. The van der Waals surface area contributed by atoms with Crippen LogP contribution in [0.3, 0.4) is 0 Å². The van der Waals surface area contributed by atoms with Gasteiger partial charge in [0.15, 0.2) is 0 Å². The summed E-state index contributed by atoms with van der Waals surface area (Å²) in [5, 5.41) is 10.4. The summed E-state index contributed by atoms with van der Waals surface area (Å²) in [6, 6.07) is 5.17. The fourth-order valence-corrected chi connectivity index (χ4v) is 3.49. The Labute approximate surface area is 121 Å². The maximum absolute atomic E-state index is 13.2. The van der Waals surface area contributed by atoms with Crippen LogP contribution in [0.25, 0.3) is 0 Å². The zero-order valence-corrected chi connectivity index (χ0v) is 12.3. The van der Waals surface area contributed by atoms with E-state index in [1.165, 1.54) is 6.07 Å². The third-order valence-electron chi connectivity index (χ3n) is 4.19. The summed E-state index contributed by atoms with van der Waals surface area (Å²) in [5.74, 6) is -0.259. The van der Waals surface area contributed by atoms with Crippen molar-refractivity contribution >= 4 is 15.9 Å². The topological polar surface area (TPSA) is 26.7 Å². The number of hydrogen-bond acceptors (Lipinski definition) is 3. The van der Waals surface area contributed by atoms with Crippen molar-refractivity contribution in [3.05, 3.63) is 34.1 Å². The van der Waals surface area contributed by atoms with Gasteiger partial charge in [-0.05, 0) is 40.0 Å². The maximum Gasteiger partial charge on any atom is 0.137 e. The first-order valence-electron chi connectivity index (χ1n) is 6.72. The van der Waals surface area contributed by atoms with Gasteiger partial charge in [-0.15, -0.1) is 0 Å². The summed E-state index contributed by atoms with van der Waals surface area (Å²) >= 11 is 3.19. The van der Waals surface area contributed by atoms with E-state index in [0.717, 1.165) is 38.3 Å².